The maximum atomic E-state index is 12.8. The average Bonchev–Trinajstić information content (AvgIpc) is 2.16. The first kappa shape index (κ1) is 8.13. The van der Waals surface area contributed by atoms with Gasteiger partial charge < -0.3 is 5.73 Å². The van der Waals surface area contributed by atoms with Gasteiger partial charge in [0, 0.05) is 11.9 Å². The summed E-state index contributed by atoms with van der Waals surface area (Å²) in [7, 11) is 0. The summed E-state index contributed by atoms with van der Waals surface area (Å²) in [6, 6.07) is 7.05. The van der Waals surface area contributed by atoms with Crippen LogP contribution in [0.1, 0.15) is 5.56 Å². The number of aromatic nitrogens is 1. The molecule has 66 valence electrons. The third kappa shape index (κ3) is 1.51. The van der Waals surface area contributed by atoms with Gasteiger partial charge in [-0.1, -0.05) is 6.07 Å². The van der Waals surface area contributed by atoms with Crippen molar-refractivity contribution in [3.8, 4) is 0 Å². The molecule has 0 aliphatic heterocycles. The molecule has 1 heterocycles. The van der Waals surface area contributed by atoms with Gasteiger partial charge in [-0.05, 0) is 23.8 Å². The predicted octanol–water partition coefficient (Wildman–Crippen LogP) is 1.83. The second-order valence-electron chi connectivity index (χ2n) is 2.88. The molecule has 0 saturated carbocycles. The maximum absolute atomic E-state index is 12.8. The summed E-state index contributed by atoms with van der Waals surface area (Å²) in [5.41, 5.74) is 7.24. The lowest BCUT2D eigenvalue weighted by molar-refractivity contribution is 0.624. The van der Waals surface area contributed by atoms with Gasteiger partial charge in [-0.3, -0.25) is 4.98 Å². The molecule has 2 nitrogen and oxygen atoms in total. The van der Waals surface area contributed by atoms with E-state index in [0.717, 1.165) is 16.5 Å². The van der Waals surface area contributed by atoms with Crippen LogP contribution >= 0.6 is 0 Å². The number of hydrogen-bond acceptors (Lipinski definition) is 2. The molecule has 2 rings (SSSR count). The zero-order valence-electron chi connectivity index (χ0n) is 7.00. The highest BCUT2D eigenvalue weighted by Gasteiger charge is 1.97. The van der Waals surface area contributed by atoms with Gasteiger partial charge in [0.15, 0.2) is 0 Å². The van der Waals surface area contributed by atoms with E-state index in [1.807, 2.05) is 18.2 Å². The Morgan fingerprint density at radius 2 is 2.15 bits per heavy atom. The summed E-state index contributed by atoms with van der Waals surface area (Å²) in [6.45, 7) is 0.465. The lowest BCUT2D eigenvalue weighted by Gasteiger charge is -1.99. The van der Waals surface area contributed by atoms with Gasteiger partial charge in [-0.2, -0.15) is 0 Å². The van der Waals surface area contributed by atoms with Gasteiger partial charge >= 0.3 is 0 Å². The van der Waals surface area contributed by atoms with E-state index in [4.69, 9.17) is 5.73 Å². The number of hydrogen-bond donors (Lipinski definition) is 1. The number of pyridine rings is 1. The zero-order chi connectivity index (χ0) is 9.26. The number of benzene rings is 1. The number of nitrogens with zero attached hydrogens (tertiary/aromatic N) is 1. The zero-order valence-corrected chi connectivity index (χ0v) is 7.00. The Morgan fingerprint density at radius 3 is 2.92 bits per heavy atom. The largest absolute Gasteiger partial charge is 0.326 e. The summed E-state index contributed by atoms with van der Waals surface area (Å²) in [4.78, 5) is 3.94. The Bertz CT molecular complexity index is 440. The van der Waals surface area contributed by atoms with E-state index in [1.54, 1.807) is 0 Å². The molecule has 0 fully saturated rings. The standard InChI is InChI=1S/C10H9FN2/c11-9-4-8-3-7(5-12)1-2-10(8)13-6-9/h1-4,6H,5,12H2. The van der Waals surface area contributed by atoms with Gasteiger partial charge in [0.25, 0.3) is 0 Å². The van der Waals surface area contributed by atoms with Crippen LogP contribution in [0.15, 0.2) is 30.5 Å². The minimum atomic E-state index is -0.318. The van der Waals surface area contributed by atoms with Crippen molar-refractivity contribution < 1.29 is 4.39 Å². The fourth-order valence-electron chi connectivity index (χ4n) is 1.28. The molecule has 0 unspecified atom stereocenters. The molecule has 2 N–H and O–H groups in total. The normalized spacial score (nSPS) is 10.6. The monoisotopic (exact) mass is 176 g/mol. The summed E-state index contributed by atoms with van der Waals surface area (Å²) in [6.07, 6.45) is 1.21. The topological polar surface area (TPSA) is 38.9 Å². The number of halogens is 1. The number of rotatable bonds is 1. The van der Waals surface area contributed by atoms with E-state index in [0.29, 0.717) is 6.54 Å². The molecule has 0 saturated heterocycles. The Kier molecular flexibility index (Phi) is 1.94. The fourth-order valence-corrected chi connectivity index (χ4v) is 1.28. The molecular formula is C10H9FN2. The van der Waals surface area contributed by atoms with Gasteiger partial charge in [-0.25, -0.2) is 4.39 Å². The van der Waals surface area contributed by atoms with Crippen LogP contribution in [0, 0.1) is 5.82 Å². The Morgan fingerprint density at radius 1 is 1.31 bits per heavy atom. The molecule has 0 aliphatic carbocycles. The van der Waals surface area contributed by atoms with Crippen molar-refractivity contribution in [1.29, 1.82) is 0 Å². The van der Waals surface area contributed by atoms with Crippen molar-refractivity contribution in [2.75, 3.05) is 0 Å². The molecule has 0 bridgehead atoms. The quantitative estimate of drug-likeness (QED) is 0.720. The first-order chi connectivity index (χ1) is 6.29. The summed E-state index contributed by atoms with van der Waals surface area (Å²) in [5.74, 6) is -0.318. The smallest absolute Gasteiger partial charge is 0.142 e. The molecule has 13 heavy (non-hydrogen) atoms. The van der Waals surface area contributed by atoms with E-state index in [1.165, 1.54) is 12.3 Å². The number of nitrogens with two attached hydrogens (primary N) is 1. The highest BCUT2D eigenvalue weighted by atomic mass is 19.1. The Hall–Kier alpha value is -1.48. The number of fused-ring (bicyclic) bond motifs is 1. The Balaban J connectivity index is 2.68. The molecule has 0 radical (unpaired) electrons. The third-order valence-electron chi connectivity index (χ3n) is 1.95. The predicted molar refractivity (Wildman–Crippen MR) is 49.6 cm³/mol. The van der Waals surface area contributed by atoms with Crippen molar-refractivity contribution in [3.63, 3.8) is 0 Å². The SMILES string of the molecule is NCc1ccc2ncc(F)cc2c1. The van der Waals surface area contributed by atoms with Crippen LogP contribution in [0.5, 0.6) is 0 Å². The molecule has 0 atom stereocenters. The van der Waals surface area contributed by atoms with Crippen molar-refractivity contribution in [2.24, 2.45) is 5.73 Å². The third-order valence-corrected chi connectivity index (χ3v) is 1.95. The average molecular weight is 176 g/mol. The van der Waals surface area contributed by atoms with Crippen molar-refractivity contribution in [3.05, 3.63) is 41.8 Å². The van der Waals surface area contributed by atoms with Crippen LogP contribution in [0.2, 0.25) is 0 Å². The lowest BCUT2D eigenvalue weighted by Crippen LogP contribution is -1.95. The highest BCUT2D eigenvalue weighted by Crippen LogP contribution is 2.14. The molecular weight excluding hydrogens is 167 g/mol. The van der Waals surface area contributed by atoms with E-state index in [2.05, 4.69) is 4.98 Å². The van der Waals surface area contributed by atoms with Crippen LogP contribution < -0.4 is 5.73 Å². The van der Waals surface area contributed by atoms with Crippen molar-refractivity contribution >= 4 is 10.9 Å². The summed E-state index contributed by atoms with van der Waals surface area (Å²) in [5, 5.41) is 0.794. The summed E-state index contributed by atoms with van der Waals surface area (Å²) >= 11 is 0. The minimum absolute atomic E-state index is 0.318. The molecule has 1 aromatic carbocycles. The van der Waals surface area contributed by atoms with Crippen LogP contribution in [-0.4, -0.2) is 4.98 Å². The Labute approximate surface area is 75.2 Å². The molecule has 0 aliphatic rings. The highest BCUT2D eigenvalue weighted by molar-refractivity contribution is 5.79. The molecule has 0 spiro atoms. The summed E-state index contributed by atoms with van der Waals surface area (Å²) < 4.78 is 12.8. The van der Waals surface area contributed by atoms with Gasteiger partial charge in [0.1, 0.15) is 5.82 Å². The van der Waals surface area contributed by atoms with Gasteiger partial charge in [0.2, 0.25) is 0 Å². The van der Waals surface area contributed by atoms with Gasteiger partial charge in [0.05, 0.1) is 11.7 Å². The van der Waals surface area contributed by atoms with Crippen LogP contribution in [-0.2, 0) is 6.54 Å². The molecule has 2 aromatic rings. The first-order valence-corrected chi connectivity index (χ1v) is 4.04. The van der Waals surface area contributed by atoms with Crippen molar-refractivity contribution in [2.45, 2.75) is 6.54 Å². The minimum Gasteiger partial charge on any atom is -0.326 e. The second-order valence-corrected chi connectivity index (χ2v) is 2.88. The molecule has 1 aromatic heterocycles. The van der Waals surface area contributed by atoms with E-state index >= 15 is 0 Å². The first-order valence-electron chi connectivity index (χ1n) is 4.04. The van der Waals surface area contributed by atoms with E-state index in [9.17, 15) is 4.39 Å². The second kappa shape index (κ2) is 3.11. The van der Waals surface area contributed by atoms with Crippen LogP contribution in [0.4, 0.5) is 4.39 Å². The maximum Gasteiger partial charge on any atom is 0.142 e. The van der Waals surface area contributed by atoms with Crippen molar-refractivity contribution in [1.82, 2.24) is 4.98 Å². The molecule has 0 amide bonds. The van der Waals surface area contributed by atoms with Crippen LogP contribution in [0.25, 0.3) is 10.9 Å². The fraction of sp³-hybridized carbons (Fsp3) is 0.100. The van der Waals surface area contributed by atoms with Gasteiger partial charge in [-0.15, -0.1) is 0 Å². The lowest BCUT2D eigenvalue weighted by atomic mass is 10.1. The van der Waals surface area contributed by atoms with E-state index < -0.39 is 0 Å². The van der Waals surface area contributed by atoms with Crippen LogP contribution in [0.3, 0.4) is 0 Å². The molecule has 3 heteroatoms. The van der Waals surface area contributed by atoms with E-state index in [-0.39, 0.29) is 5.82 Å².